The van der Waals surface area contributed by atoms with Crippen molar-refractivity contribution in [2.75, 3.05) is 0 Å². The molecular weight excluding hydrogens is 208 g/mol. The molecule has 0 radical (unpaired) electrons. The number of carboxylic acids is 1. The summed E-state index contributed by atoms with van der Waals surface area (Å²) in [4.78, 5) is 18.9. The summed E-state index contributed by atoms with van der Waals surface area (Å²) in [6, 6.07) is 0. The largest absolute Gasteiger partial charge is 0.504 e. The molecule has 0 aliphatic carbocycles. The Morgan fingerprint density at radius 3 is 2.56 bits per heavy atom. The Hall–Kier alpha value is -1.65. The van der Waals surface area contributed by atoms with Gasteiger partial charge in [0.05, 0.1) is 17.8 Å². The molecule has 1 atom stereocenters. The third kappa shape index (κ3) is 2.92. The van der Waals surface area contributed by atoms with Crippen LogP contribution < -0.4 is 0 Å². The summed E-state index contributed by atoms with van der Waals surface area (Å²) in [5, 5.41) is 18.3. The van der Waals surface area contributed by atoms with E-state index in [0.717, 1.165) is 0 Å². The number of aromatic hydroxyl groups is 1. The Balaban J connectivity index is 2.94. The standard InChI is InChI=1S/C11H16N2O3/c1-6(2)10-12-5-9(14)8(13-10)4-7(3)11(15)16/h5-7,14H,4H2,1-3H3,(H,15,16). The minimum absolute atomic E-state index is 0.0440. The molecule has 0 saturated heterocycles. The normalized spacial score (nSPS) is 12.8. The van der Waals surface area contributed by atoms with Gasteiger partial charge in [0.25, 0.3) is 0 Å². The van der Waals surface area contributed by atoms with Crippen molar-refractivity contribution in [2.24, 2.45) is 5.92 Å². The van der Waals surface area contributed by atoms with Crippen LogP contribution in [0.5, 0.6) is 5.75 Å². The summed E-state index contributed by atoms with van der Waals surface area (Å²) in [5.74, 6) is -0.743. The van der Waals surface area contributed by atoms with Crippen molar-refractivity contribution in [2.45, 2.75) is 33.1 Å². The average molecular weight is 224 g/mol. The number of aromatic nitrogens is 2. The van der Waals surface area contributed by atoms with E-state index in [1.54, 1.807) is 6.92 Å². The van der Waals surface area contributed by atoms with Gasteiger partial charge in [-0.25, -0.2) is 9.97 Å². The molecule has 1 heterocycles. The van der Waals surface area contributed by atoms with Crippen LogP contribution in [-0.2, 0) is 11.2 Å². The molecule has 88 valence electrons. The van der Waals surface area contributed by atoms with Crippen LogP contribution in [0.1, 0.15) is 38.2 Å². The van der Waals surface area contributed by atoms with Gasteiger partial charge in [0.1, 0.15) is 5.82 Å². The molecule has 1 aromatic heterocycles. The van der Waals surface area contributed by atoms with Crippen molar-refractivity contribution in [1.82, 2.24) is 9.97 Å². The number of hydrogen-bond donors (Lipinski definition) is 2. The quantitative estimate of drug-likeness (QED) is 0.811. The zero-order valence-corrected chi connectivity index (χ0v) is 9.64. The van der Waals surface area contributed by atoms with Crippen molar-refractivity contribution in [1.29, 1.82) is 0 Å². The van der Waals surface area contributed by atoms with Crippen LogP contribution in [0, 0.1) is 5.92 Å². The smallest absolute Gasteiger partial charge is 0.306 e. The zero-order valence-electron chi connectivity index (χ0n) is 9.64. The van der Waals surface area contributed by atoms with Crippen LogP contribution >= 0.6 is 0 Å². The summed E-state index contributed by atoms with van der Waals surface area (Å²) >= 11 is 0. The number of carboxylic acid groups (broad SMARTS) is 1. The number of nitrogens with zero attached hydrogens (tertiary/aromatic N) is 2. The first-order valence-electron chi connectivity index (χ1n) is 5.19. The lowest BCUT2D eigenvalue weighted by Crippen LogP contribution is -2.14. The predicted molar refractivity (Wildman–Crippen MR) is 58.3 cm³/mol. The fraction of sp³-hybridized carbons (Fsp3) is 0.545. The van der Waals surface area contributed by atoms with Crippen molar-refractivity contribution < 1.29 is 15.0 Å². The molecule has 0 fully saturated rings. The molecule has 0 spiro atoms. The van der Waals surface area contributed by atoms with E-state index in [1.165, 1.54) is 6.20 Å². The fourth-order valence-electron chi connectivity index (χ4n) is 1.23. The van der Waals surface area contributed by atoms with Gasteiger partial charge >= 0.3 is 5.97 Å². The lowest BCUT2D eigenvalue weighted by atomic mass is 10.1. The Bertz CT molecular complexity index is 391. The van der Waals surface area contributed by atoms with E-state index in [-0.39, 0.29) is 18.1 Å². The van der Waals surface area contributed by atoms with E-state index in [4.69, 9.17) is 5.11 Å². The first-order valence-corrected chi connectivity index (χ1v) is 5.19. The van der Waals surface area contributed by atoms with E-state index in [1.807, 2.05) is 13.8 Å². The Morgan fingerprint density at radius 1 is 1.44 bits per heavy atom. The third-order valence-electron chi connectivity index (χ3n) is 2.30. The maximum absolute atomic E-state index is 10.7. The highest BCUT2D eigenvalue weighted by Crippen LogP contribution is 2.19. The van der Waals surface area contributed by atoms with Gasteiger partial charge in [0.2, 0.25) is 0 Å². The van der Waals surface area contributed by atoms with Gasteiger partial charge in [-0.1, -0.05) is 20.8 Å². The van der Waals surface area contributed by atoms with Crippen LogP contribution in [0.25, 0.3) is 0 Å². The van der Waals surface area contributed by atoms with E-state index in [0.29, 0.717) is 11.5 Å². The topological polar surface area (TPSA) is 83.3 Å². The molecule has 5 heteroatoms. The van der Waals surface area contributed by atoms with Gasteiger partial charge in [0.15, 0.2) is 5.75 Å². The van der Waals surface area contributed by atoms with Crippen molar-refractivity contribution in [3.05, 3.63) is 17.7 Å². The highest BCUT2D eigenvalue weighted by Gasteiger charge is 2.16. The van der Waals surface area contributed by atoms with Gasteiger partial charge in [-0.3, -0.25) is 4.79 Å². The molecule has 0 aromatic carbocycles. The molecule has 1 aromatic rings. The minimum atomic E-state index is -0.899. The van der Waals surface area contributed by atoms with E-state index in [9.17, 15) is 9.90 Å². The van der Waals surface area contributed by atoms with Gasteiger partial charge in [-0.2, -0.15) is 0 Å². The summed E-state index contributed by atoms with van der Waals surface area (Å²) in [6.45, 7) is 5.46. The van der Waals surface area contributed by atoms with Crippen LogP contribution in [0.15, 0.2) is 6.20 Å². The van der Waals surface area contributed by atoms with Crippen LogP contribution in [0.2, 0.25) is 0 Å². The lowest BCUT2D eigenvalue weighted by molar-refractivity contribution is -0.141. The Labute approximate surface area is 94.2 Å². The fourth-order valence-corrected chi connectivity index (χ4v) is 1.23. The van der Waals surface area contributed by atoms with E-state index >= 15 is 0 Å². The molecule has 0 aliphatic heterocycles. The number of carbonyl (C=O) groups is 1. The molecule has 1 rings (SSSR count). The molecule has 1 unspecified atom stereocenters. The molecular formula is C11H16N2O3. The maximum atomic E-state index is 10.7. The number of aliphatic carboxylic acids is 1. The third-order valence-corrected chi connectivity index (χ3v) is 2.30. The molecule has 2 N–H and O–H groups in total. The first-order chi connectivity index (χ1) is 7.41. The van der Waals surface area contributed by atoms with Gasteiger partial charge in [0, 0.05) is 12.3 Å². The summed E-state index contributed by atoms with van der Waals surface area (Å²) in [5.41, 5.74) is 0.397. The van der Waals surface area contributed by atoms with Crippen molar-refractivity contribution in [3.8, 4) is 5.75 Å². The van der Waals surface area contributed by atoms with Gasteiger partial charge in [-0.15, -0.1) is 0 Å². The molecule has 0 amide bonds. The monoisotopic (exact) mass is 224 g/mol. The second-order valence-electron chi connectivity index (χ2n) is 4.16. The van der Waals surface area contributed by atoms with Crippen LogP contribution in [0.3, 0.4) is 0 Å². The minimum Gasteiger partial charge on any atom is -0.504 e. The SMILES string of the molecule is CC(Cc1nc(C(C)C)ncc1O)C(=O)O. The predicted octanol–water partition coefficient (Wildman–Crippen LogP) is 1.57. The highest BCUT2D eigenvalue weighted by atomic mass is 16.4. The molecule has 16 heavy (non-hydrogen) atoms. The zero-order chi connectivity index (χ0) is 12.3. The van der Waals surface area contributed by atoms with E-state index in [2.05, 4.69) is 9.97 Å². The van der Waals surface area contributed by atoms with Crippen LogP contribution in [-0.4, -0.2) is 26.2 Å². The molecule has 0 bridgehead atoms. The van der Waals surface area contributed by atoms with Gasteiger partial charge in [-0.05, 0) is 0 Å². The van der Waals surface area contributed by atoms with Crippen molar-refractivity contribution in [3.63, 3.8) is 0 Å². The van der Waals surface area contributed by atoms with Crippen molar-refractivity contribution >= 4 is 5.97 Å². The van der Waals surface area contributed by atoms with E-state index < -0.39 is 11.9 Å². The van der Waals surface area contributed by atoms with Gasteiger partial charge < -0.3 is 10.2 Å². The average Bonchev–Trinajstić information content (AvgIpc) is 2.20. The second-order valence-corrected chi connectivity index (χ2v) is 4.16. The highest BCUT2D eigenvalue weighted by molar-refractivity contribution is 5.69. The summed E-state index contributed by atoms with van der Waals surface area (Å²) < 4.78 is 0. The number of hydrogen-bond acceptors (Lipinski definition) is 4. The Morgan fingerprint density at radius 2 is 2.06 bits per heavy atom. The number of rotatable bonds is 4. The molecule has 0 aliphatic rings. The second kappa shape index (κ2) is 4.92. The maximum Gasteiger partial charge on any atom is 0.306 e. The lowest BCUT2D eigenvalue weighted by Gasteiger charge is -2.10. The summed E-state index contributed by atoms with van der Waals surface area (Å²) in [6.07, 6.45) is 1.54. The Kier molecular flexibility index (Phi) is 3.82. The molecule has 5 nitrogen and oxygen atoms in total. The summed E-state index contributed by atoms with van der Waals surface area (Å²) in [7, 11) is 0. The first kappa shape index (κ1) is 12.4. The van der Waals surface area contributed by atoms with Crippen LogP contribution in [0.4, 0.5) is 0 Å². The molecule has 0 saturated carbocycles.